The number of halogens is 4. The van der Waals surface area contributed by atoms with Gasteiger partial charge in [-0.25, -0.2) is 9.59 Å². The van der Waals surface area contributed by atoms with Crippen LogP contribution in [0.4, 0.5) is 13.2 Å². The van der Waals surface area contributed by atoms with Gasteiger partial charge in [-0.2, -0.15) is 0 Å². The Balaban J connectivity index is 0.000000187. The van der Waals surface area contributed by atoms with Crippen LogP contribution in [0, 0.1) is 0 Å². The Morgan fingerprint density at radius 3 is 2.44 bits per heavy atom. The number of alkyl halides is 3. The van der Waals surface area contributed by atoms with Crippen molar-refractivity contribution in [3.05, 3.63) is 64.6 Å². The largest absolute Gasteiger partial charge is 0.573 e. The Morgan fingerprint density at radius 1 is 1.08 bits per heavy atom. The molecule has 1 aromatic carbocycles. The van der Waals surface area contributed by atoms with Crippen molar-refractivity contribution in [1.29, 1.82) is 0 Å². The SMILES string of the molecule is CCOC(=O)c1cc2occ(Br)c2[nH]1.O=C(O)c1cc2oc(-c3ccccc3OC(F)(F)F)cc2[nH]1. The summed E-state index contributed by atoms with van der Waals surface area (Å²) < 4.78 is 57.4. The number of esters is 1. The zero-order valence-electron chi connectivity index (χ0n) is 18.2. The minimum atomic E-state index is -4.82. The average Bonchev–Trinajstić information content (AvgIpc) is 3.55. The first-order valence-corrected chi connectivity index (χ1v) is 11.0. The first-order valence-electron chi connectivity index (χ1n) is 10.2. The Bertz CT molecular complexity index is 1510. The summed E-state index contributed by atoms with van der Waals surface area (Å²) in [6.07, 6.45) is -3.25. The second kappa shape index (κ2) is 9.85. The third-order valence-corrected chi connectivity index (χ3v) is 5.30. The molecule has 0 fully saturated rings. The topological polar surface area (TPSA) is 131 Å². The molecule has 0 unspecified atom stereocenters. The number of para-hydroxylation sites is 1. The molecule has 5 aromatic rings. The fourth-order valence-electron chi connectivity index (χ4n) is 3.25. The number of carbonyl (C=O) groups is 2. The van der Waals surface area contributed by atoms with E-state index >= 15 is 0 Å². The summed E-state index contributed by atoms with van der Waals surface area (Å²) in [5.41, 5.74) is 2.46. The molecule has 0 spiro atoms. The highest BCUT2D eigenvalue weighted by Crippen LogP contribution is 2.36. The standard InChI is InChI=1S/C14H8F3NO4.C9H8BrNO3/c15-14(16,17)22-10-4-2-1-3-7(10)11-5-8-12(21-11)6-9(18-8)13(19)20;1-2-13-9(12)6-3-7-8(11-6)5(10)4-14-7/h1-6,18H,(H,19,20);3-4,11H,2H2,1H3. The lowest BCUT2D eigenvalue weighted by Gasteiger charge is -2.11. The van der Waals surface area contributed by atoms with E-state index in [-0.39, 0.29) is 28.6 Å². The number of hydrogen-bond donors (Lipinski definition) is 3. The van der Waals surface area contributed by atoms with Crippen molar-refractivity contribution in [2.45, 2.75) is 13.3 Å². The average molecular weight is 569 g/mol. The Labute approximate surface area is 207 Å². The summed E-state index contributed by atoms with van der Waals surface area (Å²) in [6.45, 7) is 2.13. The first-order chi connectivity index (χ1) is 17.1. The Hall–Kier alpha value is -4.13. The van der Waals surface area contributed by atoms with Crippen LogP contribution in [0.15, 0.2) is 62.0 Å². The van der Waals surface area contributed by atoms with Crippen molar-refractivity contribution in [3.63, 3.8) is 0 Å². The Kier molecular flexibility index (Phi) is 6.84. The van der Waals surface area contributed by atoms with Gasteiger partial charge >= 0.3 is 18.3 Å². The molecule has 0 atom stereocenters. The van der Waals surface area contributed by atoms with Crippen molar-refractivity contribution < 1.29 is 46.2 Å². The van der Waals surface area contributed by atoms with E-state index in [1.54, 1.807) is 19.3 Å². The number of furan rings is 2. The van der Waals surface area contributed by atoms with Crippen LogP contribution < -0.4 is 4.74 Å². The van der Waals surface area contributed by atoms with E-state index in [4.69, 9.17) is 18.7 Å². The molecule has 4 heterocycles. The van der Waals surface area contributed by atoms with Crippen LogP contribution in [-0.2, 0) is 4.74 Å². The fourth-order valence-corrected chi connectivity index (χ4v) is 3.64. The number of carboxylic acid groups (broad SMARTS) is 1. The summed E-state index contributed by atoms with van der Waals surface area (Å²) in [5, 5.41) is 8.84. The number of aromatic carboxylic acids is 1. The van der Waals surface area contributed by atoms with Crippen LogP contribution in [0.25, 0.3) is 33.5 Å². The molecule has 36 heavy (non-hydrogen) atoms. The van der Waals surface area contributed by atoms with Gasteiger partial charge in [0.25, 0.3) is 0 Å². The maximum absolute atomic E-state index is 12.4. The molecule has 9 nitrogen and oxygen atoms in total. The van der Waals surface area contributed by atoms with Crippen LogP contribution in [-0.4, -0.2) is 40.0 Å². The highest BCUT2D eigenvalue weighted by atomic mass is 79.9. The number of nitrogens with one attached hydrogen (secondary N) is 2. The summed E-state index contributed by atoms with van der Waals surface area (Å²) in [7, 11) is 0. The molecule has 0 saturated heterocycles. The Morgan fingerprint density at radius 2 is 1.81 bits per heavy atom. The zero-order valence-corrected chi connectivity index (χ0v) is 19.8. The molecule has 0 aliphatic carbocycles. The van der Waals surface area contributed by atoms with Crippen molar-refractivity contribution in [1.82, 2.24) is 9.97 Å². The molecule has 5 rings (SSSR count). The van der Waals surface area contributed by atoms with Gasteiger partial charge in [0.1, 0.15) is 29.2 Å². The van der Waals surface area contributed by atoms with Gasteiger partial charge < -0.3 is 33.4 Å². The van der Waals surface area contributed by atoms with Gasteiger partial charge in [0.2, 0.25) is 0 Å². The molecule has 0 amide bonds. The van der Waals surface area contributed by atoms with Gasteiger partial charge in [-0.1, -0.05) is 12.1 Å². The number of fused-ring (bicyclic) bond motifs is 2. The lowest BCUT2D eigenvalue weighted by Crippen LogP contribution is -2.17. The quantitative estimate of drug-likeness (QED) is 0.200. The molecule has 188 valence electrons. The van der Waals surface area contributed by atoms with E-state index in [1.807, 2.05) is 0 Å². The second-order valence-corrected chi connectivity index (χ2v) is 8.00. The van der Waals surface area contributed by atoms with E-state index in [0.717, 1.165) is 9.99 Å². The zero-order chi connectivity index (χ0) is 26.0. The smallest absolute Gasteiger partial charge is 0.477 e. The maximum Gasteiger partial charge on any atom is 0.573 e. The fraction of sp³-hybridized carbons (Fsp3) is 0.130. The third-order valence-electron chi connectivity index (χ3n) is 4.72. The summed E-state index contributed by atoms with van der Waals surface area (Å²) >= 11 is 3.29. The van der Waals surface area contributed by atoms with Crippen molar-refractivity contribution >= 4 is 50.1 Å². The number of carbonyl (C=O) groups excluding carboxylic acids is 1. The maximum atomic E-state index is 12.4. The van der Waals surface area contributed by atoms with E-state index < -0.39 is 18.1 Å². The normalized spacial score (nSPS) is 11.4. The van der Waals surface area contributed by atoms with E-state index in [1.165, 1.54) is 36.4 Å². The van der Waals surface area contributed by atoms with Crippen molar-refractivity contribution in [3.8, 4) is 17.1 Å². The minimum absolute atomic E-state index is 0.0693. The van der Waals surface area contributed by atoms with Gasteiger partial charge in [-0.15, -0.1) is 13.2 Å². The van der Waals surface area contributed by atoms with Crippen LogP contribution in [0.1, 0.15) is 27.9 Å². The summed E-state index contributed by atoms with van der Waals surface area (Å²) in [6, 6.07) is 9.83. The number of rotatable bonds is 5. The van der Waals surface area contributed by atoms with E-state index in [9.17, 15) is 22.8 Å². The van der Waals surface area contributed by atoms with Crippen LogP contribution in [0.2, 0.25) is 0 Å². The predicted octanol–water partition coefficient (Wildman–Crippen LogP) is 6.72. The number of carboxylic acids is 1. The van der Waals surface area contributed by atoms with E-state index in [2.05, 4.69) is 30.6 Å². The molecule has 0 saturated carbocycles. The first kappa shape index (κ1) is 25.0. The van der Waals surface area contributed by atoms with Gasteiger partial charge in [0.05, 0.1) is 27.7 Å². The van der Waals surface area contributed by atoms with Crippen molar-refractivity contribution in [2.75, 3.05) is 6.61 Å². The molecule has 3 N–H and O–H groups in total. The predicted molar refractivity (Wildman–Crippen MR) is 124 cm³/mol. The highest BCUT2D eigenvalue weighted by Gasteiger charge is 2.32. The lowest BCUT2D eigenvalue weighted by atomic mass is 10.1. The van der Waals surface area contributed by atoms with Gasteiger partial charge in [-0.05, 0) is 35.0 Å². The summed E-state index contributed by atoms with van der Waals surface area (Å²) in [4.78, 5) is 27.6. The van der Waals surface area contributed by atoms with Gasteiger partial charge in [-0.3, -0.25) is 0 Å². The van der Waals surface area contributed by atoms with E-state index in [0.29, 0.717) is 23.4 Å². The molecule has 0 aliphatic heterocycles. The molecule has 0 aliphatic rings. The molecular formula is C23H16BrF3N2O7. The second-order valence-electron chi connectivity index (χ2n) is 7.15. The van der Waals surface area contributed by atoms with Gasteiger partial charge in [0, 0.05) is 18.2 Å². The van der Waals surface area contributed by atoms with Crippen LogP contribution >= 0.6 is 15.9 Å². The molecule has 0 bridgehead atoms. The third kappa shape index (κ3) is 5.40. The molecule has 13 heteroatoms. The van der Waals surface area contributed by atoms with Crippen LogP contribution in [0.3, 0.4) is 0 Å². The van der Waals surface area contributed by atoms with Gasteiger partial charge in [0.15, 0.2) is 11.2 Å². The minimum Gasteiger partial charge on any atom is -0.477 e. The lowest BCUT2D eigenvalue weighted by molar-refractivity contribution is -0.274. The number of ether oxygens (including phenoxy) is 2. The molecular weight excluding hydrogens is 553 g/mol. The number of hydrogen-bond acceptors (Lipinski definition) is 6. The monoisotopic (exact) mass is 568 g/mol. The number of H-pyrrole nitrogens is 2. The van der Waals surface area contributed by atoms with Crippen molar-refractivity contribution in [2.24, 2.45) is 0 Å². The highest BCUT2D eigenvalue weighted by molar-refractivity contribution is 9.10. The van der Waals surface area contributed by atoms with Crippen LogP contribution in [0.5, 0.6) is 5.75 Å². The molecule has 4 aromatic heterocycles. The summed E-state index contributed by atoms with van der Waals surface area (Å²) in [5.74, 6) is -1.79. The number of benzene rings is 1. The number of aromatic nitrogens is 2. The molecule has 0 radical (unpaired) electrons. The number of aromatic amines is 2.